The van der Waals surface area contributed by atoms with Crippen molar-refractivity contribution in [1.82, 2.24) is 0 Å². The van der Waals surface area contributed by atoms with Gasteiger partial charge in [-0.2, -0.15) is 0 Å². The van der Waals surface area contributed by atoms with Crippen molar-refractivity contribution in [2.24, 2.45) is 4.99 Å². The normalized spacial score (nSPS) is 9.31. The van der Waals surface area contributed by atoms with E-state index in [2.05, 4.69) is 18.3 Å². The van der Waals surface area contributed by atoms with Crippen LogP contribution in [0.4, 0.5) is 5.69 Å². The van der Waals surface area contributed by atoms with Gasteiger partial charge in [0.15, 0.2) is 0 Å². The van der Waals surface area contributed by atoms with Crippen LogP contribution in [-0.2, 0) is 0 Å². The van der Waals surface area contributed by atoms with E-state index in [1.165, 1.54) is 0 Å². The lowest BCUT2D eigenvalue weighted by Crippen LogP contribution is -1.90. The van der Waals surface area contributed by atoms with Gasteiger partial charge in [-0.25, -0.2) is 0 Å². The highest BCUT2D eigenvalue weighted by Crippen LogP contribution is 2.25. The van der Waals surface area contributed by atoms with Crippen molar-refractivity contribution in [3.05, 3.63) is 30.3 Å². The lowest BCUT2D eigenvalue weighted by Gasteiger charge is -2.05. The van der Waals surface area contributed by atoms with Crippen LogP contribution in [0.5, 0.6) is 5.75 Å². The van der Waals surface area contributed by atoms with Crippen molar-refractivity contribution in [3.8, 4) is 5.75 Å². The molecule has 2 nitrogen and oxygen atoms in total. The molecule has 0 aliphatic carbocycles. The van der Waals surface area contributed by atoms with Crippen LogP contribution in [0.25, 0.3) is 6.08 Å². The Labute approximate surface area is 78.6 Å². The summed E-state index contributed by atoms with van der Waals surface area (Å²) in [6.07, 6.45) is 1.75. The summed E-state index contributed by atoms with van der Waals surface area (Å²) in [5, 5.41) is 0. The summed E-state index contributed by atoms with van der Waals surface area (Å²) in [6.45, 7) is 9.78. The highest BCUT2D eigenvalue weighted by molar-refractivity contribution is 5.66. The van der Waals surface area contributed by atoms with Crippen LogP contribution in [0, 0.1) is 0 Å². The molecule has 0 unspecified atom stereocenters. The van der Waals surface area contributed by atoms with E-state index in [1.54, 1.807) is 6.08 Å². The number of ether oxygens (including phenoxy) is 1. The quantitative estimate of drug-likeness (QED) is 0.644. The second-order valence-corrected chi connectivity index (χ2v) is 2.52. The SMILES string of the molecule is C=Cc1ccc(OCC)cc1N=C. The van der Waals surface area contributed by atoms with Gasteiger partial charge in [0.25, 0.3) is 0 Å². The standard InChI is InChI=1S/C11H13NO/c1-4-9-6-7-10(13-5-2)8-11(9)12-3/h4,6-8H,1,3,5H2,2H3. The molecule has 0 aromatic heterocycles. The van der Waals surface area contributed by atoms with Gasteiger partial charge < -0.3 is 4.74 Å². The molecule has 0 N–H and O–H groups in total. The molecule has 0 amide bonds. The predicted octanol–water partition coefficient (Wildman–Crippen LogP) is 3.06. The van der Waals surface area contributed by atoms with E-state index in [-0.39, 0.29) is 0 Å². The van der Waals surface area contributed by atoms with Gasteiger partial charge in [0, 0.05) is 6.07 Å². The smallest absolute Gasteiger partial charge is 0.121 e. The fourth-order valence-electron chi connectivity index (χ4n) is 1.09. The Morgan fingerprint density at radius 3 is 2.85 bits per heavy atom. The molecule has 0 spiro atoms. The van der Waals surface area contributed by atoms with Crippen LogP contribution < -0.4 is 4.74 Å². The third-order valence-electron chi connectivity index (χ3n) is 1.70. The molecular weight excluding hydrogens is 162 g/mol. The van der Waals surface area contributed by atoms with E-state index in [4.69, 9.17) is 4.74 Å². The largest absolute Gasteiger partial charge is 0.494 e. The van der Waals surface area contributed by atoms with Crippen LogP contribution in [0.3, 0.4) is 0 Å². The number of hydrogen-bond acceptors (Lipinski definition) is 2. The van der Waals surface area contributed by atoms with E-state index in [9.17, 15) is 0 Å². The number of nitrogens with zero attached hydrogens (tertiary/aromatic N) is 1. The molecule has 1 aromatic rings. The maximum Gasteiger partial charge on any atom is 0.121 e. The van der Waals surface area contributed by atoms with E-state index in [0.717, 1.165) is 17.0 Å². The summed E-state index contributed by atoms with van der Waals surface area (Å²) in [6, 6.07) is 5.67. The third kappa shape index (κ3) is 2.18. The molecule has 1 rings (SSSR count). The molecule has 1 aromatic carbocycles. The molecule has 0 atom stereocenters. The van der Waals surface area contributed by atoms with Gasteiger partial charge in [-0.15, -0.1) is 0 Å². The van der Waals surface area contributed by atoms with Gasteiger partial charge in [0.2, 0.25) is 0 Å². The zero-order chi connectivity index (χ0) is 9.68. The third-order valence-corrected chi connectivity index (χ3v) is 1.70. The minimum absolute atomic E-state index is 0.657. The van der Waals surface area contributed by atoms with E-state index in [1.807, 2.05) is 25.1 Å². The van der Waals surface area contributed by atoms with Gasteiger partial charge in [0.1, 0.15) is 5.75 Å². The van der Waals surface area contributed by atoms with Gasteiger partial charge in [0.05, 0.1) is 12.3 Å². The fourth-order valence-corrected chi connectivity index (χ4v) is 1.09. The predicted molar refractivity (Wildman–Crippen MR) is 56.9 cm³/mol. The number of benzene rings is 1. The van der Waals surface area contributed by atoms with Crippen molar-refractivity contribution in [2.45, 2.75) is 6.92 Å². The Balaban J connectivity index is 3.05. The monoisotopic (exact) mass is 175 g/mol. The summed E-state index contributed by atoms with van der Waals surface area (Å²) in [7, 11) is 0. The molecule has 0 aliphatic heterocycles. The molecule has 68 valence electrons. The van der Waals surface area contributed by atoms with Crippen LogP contribution in [0.15, 0.2) is 29.8 Å². The maximum absolute atomic E-state index is 5.33. The summed E-state index contributed by atoms with van der Waals surface area (Å²) in [4.78, 5) is 3.88. The van der Waals surface area contributed by atoms with Gasteiger partial charge >= 0.3 is 0 Å². The Morgan fingerprint density at radius 1 is 1.54 bits per heavy atom. The Kier molecular flexibility index (Phi) is 3.26. The minimum atomic E-state index is 0.657. The van der Waals surface area contributed by atoms with Crippen molar-refractivity contribution in [1.29, 1.82) is 0 Å². The van der Waals surface area contributed by atoms with E-state index < -0.39 is 0 Å². The van der Waals surface area contributed by atoms with Crippen LogP contribution in [0.2, 0.25) is 0 Å². The van der Waals surface area contributed by atoms with Crippen molar-refractivity contribution < 1.29 is 4.74 Å². The minimum Gasteiger partial charge on any atom is -0.494 e. The summed E-state index contributed by atoms with van der Waals surface area (Å²) in [5.74, 6) is 0.815. The van der Waals surface area contributed by atoms with Crippen LogP contribution in [-0.4, -0.2) is 13.3 Å². The zero-order valence-electron chi connectivity index (χ0n) is 7.79. The fraction of sp³-hybridized carbons (Fsp3) is 0.182. The van der Waals surface area contributed by atoms with Crippen LogP contribution in [0.1, 0.15) is 12.5 Å². The Bertz CT molecular complexity index is 318. The molecule has 0 saturated heterocycles. The summed E-state index contributed by atoms with van der Waals surface area (Å²) >= 11 is 0. The lowest BCUT2D eigenvalue weighted by molar-refractivity contribution is 0.340. The number of rotatable bonds is 4. The molecule has 2 heteroatoms. The summed E-state index contributed by atoms with van der Waals surface area (Å²) < 4.78 is 5.33. The molecule has 0 heterocycles. The van der Waals surface area contributed by atoms with Gasteiger partial charge in [-0.05, 0) is 31.3 Å². The van der Waals surface area contributed by atoms with Gasteiger partial charge in [-0.3, -0.25) is 4.99 Å². The van der Waals surface area contributed by atoms with Crippen molar-refractivity contribution >= 4 is 18.5 Å². The van der Waals surface area contributed by atoms with Crippen molar-refractivity contribution in [3.63, 3.8) is 0 Å². The maximum atomic E-state index is 5.33. The van der Waals surface area contributed by atoms with Gasteiger partial charge in [-0.1, -0.05) is 12.7 Å². The molecule has 0 saturated carbocycles. The first-order valence-electron chi connectivity index (χ1n) is 4.17. The molecule has 0 aliphatic rings. The molecular formula is C11H13NO. The van der Waals surface area contributed by atoms with E-state index in [0.29, 0.717) is 6.61 Å². The Hall–Kier alpha value is -1.57. The second-order valence-electron chi connectivity index (χ2n) is 2.52. The first-order chi connectivity index (χ1) is 6.31. The van der Waals surface area contributed by atoms with Crippen molar-refractivity contribution in [2.75, 3.05) is 6.61 Å². The molecule has 0 fully saturated rings. The second kappa shape index (κ2) is 4.45. The first kappa shape index (κ1) is 9.52. The summed E-state index contributed by atoms with van der Waals surface area (Å²) in [5.41, 5.74) is 1.78. The molecule has 13 heavy (non-hydrogen) atoms. The zero-order valence-corrected chi connectivity index (χ0v) is 7.79. The molecule has 0 bridgehead atoms. The first-order valence-corrected chi connectivity index (χ1v) is 4.17. The topological polar surface area (TPSA) is 21.6 Å². The highest BCUT2D eigenvalue weighted by Gasteiger charge is 1.98. The molecule has 0 radical (unpaired) electrons. The van der Waals surface area contributed by atoms with E-state index >= 15 is 0 Å². The number of hydrogen-bond donors (Lipinski definition) is 0. The average Bonchev–Trinajstić information content (AvgIpc) is 2.18. The Morgan fingerprint density at radius 2 is 2.31 bits per heavy atom. The number of aliphatic imine (C=N–C) groups is 1. The highest BCUT2D eigenvalue weighted by atomic mass is 16.5. The van der Waals surface area contributed by atoms with Crippen LogP contribution >= 0.6 is 0 Å². The average molecular weight is 175 g/mol. The lowest BCUT2D eigenvalue weighted by atomic mass is 10.2.